The Morgan fingerprint density at radius 3 is 2.78 bits per heavy atom. The third-order valence-electron chi connectivity index (χ3n) is 3.69. The van der Waals surface area contributed by atoms with Crippen LogP contribution in [0.15, 0.2) is 22.7 Å². The number of rotatable bonds is 4. The highest BCUT2D eigenvalue weighted by Crippen LogP contribution is 2.31. The molecule has 18 heavy (non-hydrogen) atoms. The van der Waals surface area contributed by atoms with Crippen LogP contribution in [-0.2, 0) is 0 Å². The lowest BCUT2D eigenvalue weighted by Gasteiger charge is -2.25. The van der Waals surface area contributed by atoms with Gasteiger partial charge in [-0.15, -0.1) is 0 Å². The van der Waals surface area contributed by atoms with Crippen molar-refractivity contribution in [3.8, 4) is 6.07 Å². The van der Waals surface area contributed by atoms with Crippen molar-refractivity contribution >= 4 is 21.6 Å². The van der Waals surface area contributed by atoms with Gasteiger partial charge in [0.25, 0.3) is 0 Å². The Hall–Kier alpha value is -1.05. The molecule has 96 valence electrons. The normalized spacial score (nSPS) is 17.4. The minimum atomic E-state index is 0.272. The van der Waals surface area contributed by atoms with Gasteiger partial charge in [-0.1, -0.05) is 18.9 Å². The van der Waals surface area contributed by atoms with Crippen LogP contribution in [0, 0.1) is 17.2 Å². The van der Waals surface area contributed by atoms with Gasteiger partial charge in [0.2, 0.25) is 0 Å². The van der Waals surface area contributed by atoms with Crippen molar-refractivity contribution in [3.63, 3.8) is 0 Å². The highest BCUT2D eigenvalue weighted by Gasteiger charge is 2.24. The first-order chi connectivity index (χ1) is 8.76. The predicted molar refractivity (Wildman–Crippen MR) is 77.3 cm³/mol. The molecule has 0 heterocycles. The van der Waals surface area contributed by atoms with Crippen molar-refractivity contribution < 1.29 is 0 Å². The fourth-order valence-corrected chi connectivity index (χ4v) is 3.14. The van der Waals surface area contributed by atoms with Crippen LogP contribution >= 0.6 is 15.9 Å². The Morgan fingerprint density at radius 2 is 2.17 bits per heavy atom. The van der Waals surface area contributed by atoms with Crippen molar-refractivity contribution in [3.05, 3.63) is 28.2 Å². The van der Waals surface area contributed by atoms with Gasteiger partial charge in [-0.2, -0.15) is 5.26 Å². The summed E-state index contributed by atoms with van der Waals surface area (Å²) in [6.45, 7) is 0.613. The first kappa shape index (κ1) is 13.4. The molecule has 0 aliphatic heterocycles. The average molecular weight is 308 g/mol. The predicted octanol–water partition coefficient (Wildman–Crippen LogP) is 3.25. The van der Waals surface area contributed by atoms with E-state index >= 15 is 0 Å². The maximum absolute atomic E-state index is 9.20. The molecular weight excluding hydrogens is 290 g/mol. The summed E-state index contributed by atoms with van der Waals surface area (Å²) in [7, 11) is 0. The Balaban J connectivity index is 2.17. The molecule has 1 aromatic rings. The second-order valence-corrected chi connectivity index (χ2v) is 5.66. The maximum Gasteiger partial charge on any atom is 0.103 e. The zero-order valence-electron chi connectivity index (χ0n) is 10.3. The van der Waals surface area contributed by atoms with E-state index in [9.17, 15) is 5.26 Å². The van der Waals surface area contributed by atoms with Crippen LogP contribution in [0.2, 0.25) is 0 Å². The number of nitrogens with one attached hydrogen (secondary N) is 1. The number of anilines is 1. The summed E-state index contributed by atoms with van der Waals surface area (Å²) in [5.41, 5.74) is 7.42. The van der Waals surface area contributed by atoms with E-state index in [-0.39, 0.29) is 6.04 Å². The third kappa shape index (κ3) is 2.85. The lowest BCUT2D eigenvalue weighted by molar-refractivity contribution is 0.462. The molecule has 0 amide bonds. The van der Waals surface area contributed by atoms with E-state index in [1.54, 1.807) is 0 Å². The molecule has 1 aliphatic carbocycles. The molecule has 1 aliphatic rings. The van der Waals surface area contributed by atoms with Crippen LogP contribution < -0.4 is 11.1 Å². The molecule has 1 fully saturated rings. The highest BCUT2D eigenvalue weighted by molar-refractivity contribution is 9.10. The standard InChI is InChI=1S/C14H18BrN3/c15-12-6-3-7-13(11(12)8-16)18-14(9-17)10-4-1-2-5-10/h3,6-7,10,14,18H,1-2,4-5,9,17H2. The molecule has 3 N–H and O–H groups in total. The van der Waals surface area contributed by atoms with Gasteiger partial charge < -0.3 is 11.1 Å². The smallest absolute Gasteiger partial charge is 0.103 e. The highest BCUT2D eigenvalue weighted by atomic mass is 79.9. The third-order valence-corrected chi connectivity index (χ3v) is 4.35. The van der Waals surface area contributed by atoms with E-state index < -0.39 is 0 Å². The SMILES string of the molecule is N#Cc1c(Br)cccc1NC(CN)C1CCCC1. The summed E-state index contributed by atoms with van der Waals surface area (Å²) >= 11 is 3.41. The van der Waals surface area contributed by atoms with Crippen LogP contribution in [0.4, 0.5) is 5.69 Å². The molecular formula is C14H18BrN3. The zero-order valence-corrected chi connectivity index (χ0v) is 11.9. The number of nitriles is 1. The van der Waals surface area contributed by atoms with Gasteiger partial charge in [-0.05, 0) is 46.8 Å². The molecule has 1 atom stereocenters. The van der Waals surface area contributed by atoms with Gasteiger partial charge in [0.15, 0.2) is 0 Å². The molecule has 0 aromatic heterocycles. The number of hydrogen-bond acceptors (Lipinski definition) is 3. The molecule has 1 aromatic carbocycles. The summed E-state index contributed by atoms with van der Waals surface area (Å²) in [5.74, 6) is 0.639. The summed E-state index contributed by atoms with van der Waals surface area (Å²) in [6, 6.07) is 8.28. The fourth-order valence-electron chi connectivity index (χ4n) is 2.69. The topological polar surface area (TPSA) is 61.8 Å². The minimum Gasteiger partial charge on any atom is -0.380 e. The Bertz CT molecular complexity index is 447. The van der Waals surface area contributed by atoms with Gasteiger partial charge in [0.1, 0.15) is 6.07 Å². The number of nitrogens with zero attached hydrogens (tertiary/aromatic N) is 1. The van der Waals surface area contributed by atoms with E-state index in [0.717, 1.165) is 10.2 Å². The average Bonchev–Trinajstić information content (AvgIpc) is 2.89. The number of halogens is 1. The van der Waals surface area contributed by atoms with Crippen LogP contribution in [0.5, 0.6) is 0 Å². The number of benzene rings is 1. The van der Waals surface area contributed by atoms with Crippen LogP contribution in [0.1, 0.15) is 31.2 Å². The first-order valence-corrected chi connectivity index (χ1v) is 7.20. The van der Waals surface area contributed by atoms with Crippen LogP contribution in [0.3, 0.4) is 0 Å². The Morgan fingerprint density at radius 1 is 1.44 bits per heavy atom. The van der Waals surface area contributed by atoms with Crippen molar-refractivity contribution in [2.45, 2.75) is 31.7 Å². The van der Waals surface area contributed by atoms with E-state index in [0.29, 0.717) is 18.0 Å². The van der Waals surface area contributed by atoms with Gasteiger partial charge in [-0.3, -0.25) is 0 Å². The molecule has 1 saturated carbocycles. The molecule has 0 bridgehead atoms. The molecule has 2 rings (SSSR count). The van der Waals surface area contributed by atoms with E-state index in [4.69, 9.17) is 5.73 Å². The largest absolute Gasteiger partial charge is 0.380 e. The monoisotopic (exact) mass is 307 g/mol. The van der Waals surface area contributed by atoms with Gasteiger partial charge >= 0.3 is 0 Å². The fraction of sp³-hybridized carbons (Fsp3) is 0.500. The summed E-state index contributed by atoms with van der Waals surface area (Å²) < 4.78 is 0.831. The summed E-state index contributed by atoms with van der Waals surface area (Å²) in [5, 5.41) is 12.7. The quantitative estimate of drug-likeness (QED) is 0.897. The van der Waals surface area contributed by atoms with E-state index in [2.05, 4.69) is 27.3 Å². The van der Waals surface area contributed by atoms with Crippen molar-refractivity contribution in [2.24, 2.45) is 11.7 Å². The number of hydrogen-bond donors (Lipinski definition) is 2. The maximum atomic E-state index is 9.20. The van der Waals surface area contributed by atoms with Crippen molar-refractivity contribution in [1.82, 2.24) is 0 Å². The van der Waals surface area contributed by atoms with Gasteiger partial charge in [0, 0.05) is 17.1 Å². The molecule has 1 unspecified atom stereocenters. The molecule has 0 radical (unpaired) electrons. The molecule has 3 nitrogen and oxygen atoms in total. The molecule has 4 heteroatoms. The van der Waals surface area contributed by atoms with Gasteiger partial charge in [-0.25, -0.2) is 0 Å². The van der Waals surface area contributed by atoms with Gasteiger partial charge in [0.05, 0.1) is 11.3 Å². The minimum absolute atomic E-state index is 0.272. The summed E-state index contributed by atoms with van der Waals surface area (Å²) in [6.07, 6.45) is 5.08. The second-order valence-electron chi connectivity index (χ2n) is 4.81. The lowest BCUT2D eigenvalue weighted by atomic mass is 9.97. The van der Waals surface area contributed by atoms with Crippen molar-refractivity contribution in [1.29, 1.82) is 5.26 Å². The van der Waals surface area contributed by atoms with E-state index in [1.165, 1.54) is 25.7 Å². The lowest BCUT2D eigenvalue weighted by Crippen LogP contribution is -2.35. The van der Waals surface area contributed by atoms with E-state index in [1.807, 2.05) is 18.2 Å². The Kier molecular flexibility index (Phi) is 4.62. The van der Waals surface area contributed by atoms with Crippen LogP contribution in [-0.4, -0.2) is 12.6 Å². The first-order valence-electron chi connectivity index (χ1n) is 6.41. The second kappa shape index (κ2) is 6.21. The molecule has 0 saturated heterocycles. The Labute approximate surface area is 116 Å². The molecule has 0 spiro atoms. The number of nitrogens with two attached hydrogens (primary N) is 1. The van der Waals surface area contributed by atoms with Crippen molar-refractivity contribution in [2.75, 3.05) is 11.9 Å². The van der Waals surface area contributed by atoms with Crippen LogP contribution in [0.25, 0.3) is 0 Å². The summed E-state index contributed by atoms with van der Waals surface area (Å²) in [4.78, 5) is 0. The zero-order chi connectivity index (χ0) is 13.0.